The van der Waals surface area contributed by atoms with Crippen molar-refractivity contribution in [2.45, 2.75) is 12.2 Å². The molecule has 2 rings (SSSR count). The van der Waals surface area contributed by atoms with Crippen molar-refractivity contribution in [3.8, 4) is 0 Å². The van der Waals surface area contributed by atoms with E-state index in [9.17, 15) is 8.42 Å². The van der Waals surface area contributed by atoms with Crippen LogP contribution < -0.4 is 0 Å². The van der Waals surface area contributed by atoms with E-state index in [1.165, 1.54) is 0 Å². The maximum Gasteiger partial charge on any atom is 0.400 e. The Morgan fingerprint density at radius 3 is 2.65 bits per heavy atom. The van der Waals surface area contributed by atoms with E-state index in [4.69, 9.17) is 13.9 Å². The lowest BCUT2D eigenvalue weighted by Crippen LogP contribution is -2.18. The molecule has 1 aromatic rings. The summed E-state index contributed by atoms with van der Waals surface area (Å²) in [5.74, 6) is 0. The smallest absolute Gasteiger partial charge is 0.242 e. The number of rotatable bonds is 3. The molecule has 0 unspecified atom stereocenters. The van der Waals surface area contributed by atoms with Gasteiger partial charge in [0.2, 0.25) is 0 Å². The molecule has 0 amide bonds. The van der Waals surface area contributed by atoms with Crippen LogP contribution in [0.25, 0.3) is 10.4 Å². The van der Waals surface area contributed by atoms with Crippen LogP contribution in [0.3, 0.4) is 0 Å². The lowest BCUT2D eigenvalue weighted by Gasteiger charge is -2.12. The minimum atomic E-state index is -4.01. The minimum absolute atomic E-state index is 0.102. The molecular formula is C9H9N3O4S. The highest BCUT2D eigenvalue weighted by Gasteiger charge is 2.40. The van der Waals surface area contributed by atoms with Crippen LogP contribution in [-0.2, 0) is 18.8 Å². The van der Waals surface area contributed by atoms with Gasteiger partial charge >= 0.3 is 10.4 Å². The van der Waals surface area contributed by atoms with Crippen LogP contribution in [0.2, 0.25) is 0 Å². The van der Waals surface area contributed by atoms with Crippen LogP contribution in [0, 0.1) is 0 Å². The van der Waals surface area contributed by atoms with Crippen molar-refractivity contribution in [2.75, 3.05) is 6.54 Å². The first-order chi connectivity index (χ1) is 8.12. The molecule has 0 saturated carbocycles. The predicted octanol–water partition coefficient (Wildman–Crippen LogP) is 1.70. The van der Waals surface area contributed by atoms with Crippen molar-refractivity contribution < 1.29 is 16.8 Å². The summed E-state index contributed by atoms with van der Waals surface area (Å²) in [5.41, 5.74) is 8.89. The minimum Gasteiger partial charge on any atom is -0.242 e. The fourth-order valence-corrected chi connectivity index (χ4v) is 2.57. The van der Waals surface area contributed by atoms with E-state index >= 15 is 0 Å². The first-order valence-corrected chi connectivity index (χ1v) is 6.13. The Labute approximate surface area is 97.9 Å². The molecule has 0 aromatic heterocycles. The van der Waals surface area contributed by atoms with E-state index in [-0.39, 0.29) is 6.54 Å². The lowest BCUT2D eigenvalue weighted by atomic mass is 10.1. The molecule has 0 bridgehead atoms. The van der Waals surface area contributed by atoms with Gasteiger partial charge < -0.3 is 0 Å². The van der Waals surface area contributed by atoms with Gasteiger partial charge in [-0.05, 0) is 11.1 Å². The molecule has 1 heterocycles. The Hall–Kier alpha value is -1.60. The molecule has 1 aromatic carbocycles. The summed E-state index contributed by atoms with van der Waals surface area (Å²) in [5, 5.41) is 3.31. The van der Waals surface area contributed by atoms with Gasteiger partial charge in [-0.15, -0.1) is 0 Å². The quantitative estimate of drug-likeness (QED) is 0.466. The number of hydrogen-bond acceptors (Lipinski definition) is 5. The molecule has 7 nitrogen and oxygen atoms in total. The van der Waals surface area contributed by atoms with Crippen LogP contribution in [0.15, 0.2) is 35.4 Å². The van der Waals surface area contributed by atoms with Crippen molar-refractivity contribution in [1.82, 2.24) is 0 Å². The maximum absolute atomic E-state index is 11.2. The third-order valence-corrected chi connectivity index (χ3v) is 3.18. The number of hydrogen-bond donors (Lipinski definition) is 0. The van der Waals surface area contributed by atoms with Crippen LogP contribution in [0.4, 0.5) is 0 Å². The Balaban J connectivity index is 2.27. The number of azide groups is 1. The summed E-state index contributed by atoms with van der Waals surface area (Å²) < 4.78 is 31.9. The lowest BCUT2D eigenvalue weighted by molar-refractivity contribution is 0.164. The van der Waals surface area contributed by atoms with E-state index < -0.39 is 22.6 Å². The molecule has 1 aliphatic heterocycles. The highest BCUT2D eigenvalue weighted by atomic mass is 32.3. The topological polar surface area (TPSA) is 101 Å². The summed E-state index contributed by atoms with van der Waals surface area (Å²) in [4.78, 5) is 2.57. The summed E-state index contributed by atoms with van der Waals surface area (Å²) in [6, 6.07) is 8.76. The van der Waals surface area contributed by atoms with Crippen molar-refractivity contribution in [1.29, 1.82) is 0 Å². The van der Waals surface area contributed by atoms with Crippen molar-refractivity contribution in [3.63, 3.8) is 0 Å². The number of nitrogens with zero attached hydrogens (tertiary/aromatic N) is 3. The maximum atomic E-state index is 11.2. The molecule has 1 fully saturated rings. The molecule has 1 aliphatic rings. The fourth-order valence-electron chi connectivity index (χ4n) is 1.57. The van der Waals surface area contributed by atoms with Gasteiger partial charge in [0.15, 0.2) is 0 Å². The molecule has 17 heavy (non-hydrogen) atoms. The molecular weight excluding hydrogens is 246 g/mol. The molecule has 8 heteroatoms. The zero-order chi connectivity index (χ0) is 12.3. The molecule has 90 valence electrons. The second kappa shape index (κ2) is 4.72. The van der Waals surface area contributed by atoms with Crippen LogP contribution in [0.1, 0.15) is 11.7 Å². The third-order valence-electron chi connectivity index (χ3n) is 2.25. The number of benzene rings is 1. The van der Waals surface area contributed by atoms with Gasteiger partial charge in [0, 0.05) is 4.91 Å². The SMILES string of the molecule is [N-]=[N+]=NC[C@@H]1OS(=O)(=O)O[C@H]1c1ccccc1. The molecule has 0 spiro atoms. The molecule has 0 N–H and O–H groups in total. The Morgan fingerprint density at radius 1 is 1.29 bits per heavy atom. The summed E-state index contributed by atoms with van der Waals surface area (Å²) in [6.45, 7) is -0.102. The monoisotopic (exact) mass is 255 g/mol. The molecule has 2 atom stereocenters. The standard InChI is InChI=1S/C9H9N3O4S/c10-12-11-6-8-9(16-17(13,14)15-8)7-4-2-1-3-5-7/h1-5,8-9H,6H2/t8-,9-/m0/s1. The summed E-state index contributed by atoms with van der Waals surface area (Å²) >= 11 is 0. The van der Waals surface area contributed by atoms with Gasteiger partial charge in [0.05, 0.1) is 6.54 Å². The van der Waals surface area contributed by atoms with E-state index in [0.29, 0.717) is 5.56 Å². The van der Waals surface area contributed by atoms with Gasteiger partial charge in [-0.2, -0.15) is 8.42 Å². The van der Waals surface area contributed by atoms with Crippen LogP contribution in [-0.4, -0.2) is 21.1 Å². The zero-order valence-corrected chi connectivity index (χ0v) is 9.45. The predicted molar refractivity (Wildman–Crippen MR) is 58.1 cm³/mol. The van der Waals surface area contributed by atoms with Gasteiger partial charge in [-0.1, -0.05) is 35.4 Å². The molecule has 0 radical (unpaired) electrons. The molecule has 1 saturated heterocycles. The van der Waals surface area contributed by atoms with Crippen molar-refractivity contribution in [2.24, 2.45) is 5.11 Å². The first kappa shape index (κ1) is 11.9. The first-order valence-electron chi connectivity index (χ1n) is 4.80. The zero-order valence-electron chi connectivity index (χ0n) is 8.63. The van der Waals surface area contributed by atoms with Crippen LogP contribution in [0.5, 0.6) is 0 Å². The van der Waals surface area contributed by atoms with Gasteiger partial charge in [0.1, 0.15) is 12.2 Å². The Bertz CT molecular complexity index is 539. The second-order valence-electron chi connectivity index (χ2n) is 3.38. The summed E-state index contributed by atoms with van der Waals surface area (Å²) in [7, 11) is -4.01. The van der Waals surface area contributed by atoms with E-state index in [1.807, 2.05) is 0 Å². The van der Waals surface area contributed by atoms with Crippen molar-refractivity contribution in [3.05, 3.63) is 46.3 Å². The van der Waals surface area contributed by atoms with Gasteiger partial charge in [-0.3, -0.25) is 0 Å². The van der Waals surface area contributed by atoms with Crippen molar-refractivity contribution >= 4 is 10.4 Å². The highest BCUT2D eigenvalue weighted by Crippen LogP contribution is 2.33. The van der Waals surface area contributed by atoms with Gasteiger partial charge in [-0.25, -0.2) is 8.37 Å². The Kier molecular flexibility index (Phi) is 3.30. The van der Waals surface area contributed by atoms with E-state index in [0.717, 1.165) is 0 Å². The second-order valence-corrected chi connectivity index (χ2v) is 4.59. The molecule has 0 aliphatic carbocycles. The average molecular weight is 255 g/mol. The fraction of sp³-hybridized carbons (Fsp3) is 0.333. The Morgan fingerprint density at radius 2 is 2.00 bits per heavy atom. The summed E-state index contributed by atoms with van der Waals surface area (Å²) in [6.07, 6.45) is -1.59. The van der Waals surface area contributed by atoms with Gasteiger partial charge in [0.25, 0.3) is 0 Å². The largest absolute Gasteiger partial charge is 0.400 e. The van der Waals surface area contributed by atoms with E-state index in [1.54, 1.807) is 30.3 Å². The highest BCUT2D eigenvalue weighted by molar-refractivity contribution is 7.82. The third kappa shape index (κ3) is 2.75. The normalized spacial score (nSPS) is 26.4. The average Bonchev–Trinajstić information content (AvgIpc) is 2.63. The van der Waals surface area contributed by atoms with Crippen LogP contribution >= 0.6 is 0 Å². The van der Waals surface area contributed by atoms with E-state index in [2.05, 4.69) is 10.0 Å².